The Morgan fingerprint density at radius 2 is 1.96 bits per heavy atom. The van der Waals surface area contributed by atoms with E-state index in [-0.39, 0.29) is 30.1 Å². The molecular weight excluding hydrogens is 369 g/mol. The lowest BCUT2D eigenvalue weighted by Gasteiger charge is -2.20. The molecule has 0 N–H and O–H groups in total. The first-order chi connectivity index (χ1) is 12.3. The standard InChI is InChI=1S/C18H14ClF3N2O2/c19-14-6-4-13(5-7-14)16(18(20,21)22)11-17(25)24(9-2-8-23)12-15-3-1-10-26-15/h1,3-7,10-11H,2,9,12H2/b16-11-. The number of allylic oxidation sites excluding steroid dienone is 1. The second-order valence-electron chi connectivity index (χ2n) is 5.31. The van der Waals surface area contributed by atoms with Crippen LogP contribution in [0, 0.1) is 11.3 Å². The number of halogens is 4. The molecule has 1 aromatic carbocycles. The topological polar surface area (TPSA) is 57.2 Å². The van der Waals surface area contributed by atoms with Gasteiger partial charge in [-0.3, -0.25) is 4.79 Å². The highest BCUT2D eigenvalue weighted by molar-refractivity contribution is 6.30. The zero-order valence-electron chi connectivity index (χ0n) is 13.5. The Bertz CT molecular complexity index is 806. The molecule has 0 saturated carbocycles. The van der Waals surface area contributed by atoms with Crippen LogP contribution in [0.25, 0.3) is 5.57 Å². The first-order valence-electron chi connectivity index (χ1n) is 7.54. The predicted molar refractivity (Wildman–Crippen MR) is 89.8 cm³/mol. The van der Waals surface area contributed by atoms with Gasteiger partial charge in [-0.2, -0.15) is 18.4 Å². The van der Waals surface area contributed by atoms with Crippen molar-refractivity contribution in [2.75, 3.05) is 6.54 Å². The number of alkyl halides is 3. The molecule has 136 valence electrons. The van der Waals surface area contributed by atoms with Gasteiger partial charge in [0.05, 0.1) is 30.9 Å². The van der Waals surface area contributed by atoms with E-state index in [2.05, 4.69) is 0 Å². The van der Waals surface area contributed by atoms with Gasteiger partial charge in [0.2, 0.25) is 5.91 Å². The van der Waals surface area contributed by atoms with Gasteiger partial charge in [0.15, 0.2) is 0 Å². The van der Waals surface area contributed by atoms with Gasteiger partial charge in [-0.05, 0) is 29.8 Å². The van der Waals surface area contributed by atoms with Gasteiger partial charge in [-0.25, -0.2) is 0 Å². The van der Waals surface area contributed by atoms with E-state index in [0.717, 1.165) is 4.90 Å². The van der Waals surface area contributed by atoms with E-state index < -0.39 is 17.7 Å². The molecule has 0 aliphatic heterocycles. The number of furan rings is 1. The number of hydrogen-bond acceptors (Lipinski definition) is 3. The Hall–Kier alpha value is -2.72. The summed E-state index contributed by atoms with van der Waals surface area (Å²) in [5.41, 5.74) is -1.26. The van der Waals surface area contributed by atoms with Crippen molar-refractivity contribution in [1.29, 1.82) is 5.26 Å². The third-order valence-corrected chi connectivity index (χ3v) is 3.71. The molecule has 0 bridgehead atoms. The van der Waals surface area contributed by atoms with Crippen LogP contribution < -0.4 is 0 Å². The lowest BCUT2D eigenvalue weighted by Crippen LogP contribution is -2.30. The number of carbonyl (C=O) groups excluding carboxylic acids is 1. The maximum atomic E-state index is 13.4. The van der Waals surface area contributed by atoms with Crippen molar-refractivity contribution in [2.24, 2.45) is 0 Å². The summed E-state index contributed by atoms with van der Waals surface area (Å²) < 4.78 is 45.4. The molecule has 0 radical (unpaired) electrons. The van der Waals surface area contributed by atoms with Gasteiger partial charge in [0.1, 0.15) is 5.76 Å². The third kappa shape index (κ3) is 5.39. The Balaban J connectivity index is 2.33. The molecule has 26 heavy (non-hydrogen) atoms. The summed E-state index contributed by atoms with van der Waals surface area (Å²) in [4.78, 5) is 13.6. The Kier molecular flexibility index (Phi) is 6.47. The van der Waals surface area contributed by atoms with Crippen LogP contribution in [-0.4, -0.2) is 23.5 Å². The zero-order valence-corrected chi connectivity index (χ0v) is 14.2. The maximum absolute atomic E-state index is 13.4. The Morgan fingerprint density at radius 1 is 1.27 bits per heavy atom. The van der Waals surface area contributed by atoms with Crippen LogP contribution in [0.4, 0.5) is 13.2 Å². The van der Waals surface area contributed by atoms with Crippen molar-refractivity contribution >= 4 is 23.1 Å². The molecule has 1 aromatic heterocycles. The van der Waals surface area contributed by atoms with E-state index in [9.17, 15) is 18.0 Å². The molecular formula is C18H14ClF3N2O2. The van der Waals surface area contributed by atoms with Crippen LogP contribution >= 0.6 is 11.6 Å². The van der Waals surface area contributed by atoms with Gasteiger partial charge in [-0.15, -0.1) is 0 Å². The highest BCUT2D eigenvalue weighted by Gasteiger charge is 2.35. The van der Waals surface area contributed by atoms with E-state index in [4.69, 9.17) is 21.3 Å². The molecule has 1 heterocycles. The quantitative estimate of drug-likeness (QED) is 0.673. The number of rotatable bonds is 6. The largest absolute Gasteiger partial charge is 0.467 e. The summed E-state index contributed by atoms with van der Waals surface area (Å²) in [5, 5.41) is 9.01. The molecule has 0 spiro atoms. The highest BCUT2D eigenvalue weighted by Crippen LogP contribution is 2.34. The van der Waals surface area contributed by atoms with Crippen LogP contribution in [0.2, 0.25) is 5.02 Å². The molecule has 0 saturated heterocycles. The number of nitriles is 1. The van der Waals surface area contributed by atoms with E-state index in [0.29, 0.717) is 11.8 Å². The van der Waals surface area contributed by atoms with Gasteiger partial charge >= 0.3 is 6.18 Å². The molecule has 0 unspecified atom stereocenters. The third-order valence-electron chi connectivity index (χ3n) is 3.46. The maximum Gasteiger partial charge on any atom is 0.417 e. The summed E-state index contributed by atoms with van der Waals surface area (Å²) in [6.07, 6.45) is -2.81. The molecule has 2 rings (SSSR count). The fraction of sp³-hybridized carbons (Fsp3) is 0.222. The van der Waals surface area contributed by atoms with E-state index in [1.165, 1.54) is 30.5 Å². The Morgan fingerprint density at radius 3 is 2.50 bits per heavy atom. The van der Waals surface area contributed by atoms with Gasteiger partial charge < -0.3 is 9.32 Å². The van der Waals surface area contributed by atoms with Crippen LogP contribution in [0.15, 0.2) is 53.2 Å². The second-order valence-corrected chi connectivity index (χ2v) is 5.75. The molecule has 4 nitrogen and oxygen atoms in total. The fourth-order valence-corrected chi connectivity index (χ4v) is 2.34. The van der Waals surface area contributed by atoms with Gasteiger partial charge in [0, 0.05) is 17.6 Å². The van der Waals surface area contributed by atoms with Crippen molar-refractivity contribution in [3.8, 4) is 6.07 Å². The first kappa shape index (κ1) is 19.6. The van der Waals surface area contributed by atoms with Crippen molar-refractivity contribution in [3.05, 3.63) is 65.1 Å². The van der Waals surface area contributed by atoms with Crippen molar-refractivity contribution < 1.29 is 22.4 Å². The van der Waals surface area contributed by atoms with E-state index in [1.807, 2.05) is 6.07 Å². The first-order valence-corrected chi connectivity index (χ1v) is 7.92. The molecule has 0 aliphatic carbocycles. The fourth-order valence-electron chi connectivity index (χ4n) is 2.22. The SMILES string of the molecule is N#CCCN(Cc1ccco1)C(=O)/C=C(/c1ccc(Cl)cc1)C(F)(F)F. The highest BCUT2D eigenvalue weighted by atomic mass is 35.5. The summed E-state index contributed by atoms with van der Waals surface area (Å²) in [6, 6.07) is 10.1. The van der Waals surface area contributed by atoms with Crippen LogP contribution in [-0.2, 0) is 11.3 Å². The summed E-state index contributed by atoms with van der Waals surface area (Å²) in [6.45, 7) is -0.0476. The zero-order chi connectivity index (χ0) is 19.2. The normalized spacial score (nSPS) is 11.9. The average molecular weight is 383 g/mol. The smallest absolute Gasteiger partial charge is 0.417 e. The summed E-state index contributed by atoms with van der Waals surface area (Å²) in [7, 11) is 0. The summed E-state index contributed by atoms with van der Waals surface area (Å²) in [5.74, 6) is -0.455. The minimum absolute atomic E-state index is 0.0113. The molecule has 0 atom stereocenters. The van der Waals surface area contributed by atoms with E-state index in [1.54, 1.807) is 12.1 Å². The number of carbonyl (C=O) groups is 1. The van der Waals surface area contributed by atoms with Crippen molar-refractivity contribution in [2.45, 2.75) is 19.1 Å². The van der Waals surface area contributed by atoms with Crippen LogP contribution in [0.1, 0.15) is 17.7 Å². The van der Waals surface area contributed by atoms with Crippen LogP contribution in [0.5, 0.6) is 0 Å². The minimum atomic E-state index is -4.73. The molecule has 1 amide bonds. The number of benzene rings is 1. The molecule has 0 fully saturated rings. The van der Waals surface area contributed by atoms with Gasteiger partial charge in [0.25, 0.3) is 0 Å². The summed E-state index contributed by atoms with van der Waals surface area (Å²) >= 11 is 5.71. The Labute approximate surface area is 153 Å². The molecule has 0 aliphatic rings. The van der Waals surface area contributed by atoms with Crippen molar-refractivity contribution in [3.63, 3.8) is 0 Å². The number of hydrogen-bond donors (Lipinski definition) is 0. The molecule has 8 heteroatoms. The van der Waals surface area contributed by atoms with Crippen molar-refractivity contribution in [1.82, 2.24) is 4.90 Å². The lowest BCUT2D eigenvalue weighted by molar-refractivity contribution is -0.127. The second kappa shape index (κ2) is 8.59. The van der Waals surface area contributed by atoms with Crippen LogP contribution in [0.3, 0.4) is 0 Å². The van der Waals surface area contributed by atoms with E-state index >= 15 is 0 Å². The number of amides is 1. The monoisotopic (exact) mass is 382 g/mol. The minimum Gasteiger partial charge on any atom is -0.467 e. The molecule has 2 aromatic rings. The van der Waals surface area contributed by atoms with Gasteiger partial charge in [-0.1, -0.05) is 23.7 Å². The average Bonchev–Trinajstić information content (AvgIpc) is 3.09. The lowest BCUT2D eigenvalue weighted by atomic mass is 10.0. The predicted octanol–water partition coefficient (Wildman–Crippen LogP) is 4.82. The number of nitrogens with zero attached hydrogens (tertiary/aromatic N) is 2.